The van der Waals surface area contributed by atoms with Crippen LogP contribution in [0.1, 0.15) is 58.5 Å². The van der Waals surface area contributed by atoms with E-state index in [1.807, 2.05) is 32.0 Å². The van der Waals surface area contributed by atoms with Gasteiger partial charge in [0.05, 0.1) is 10.7 Å². The zero-order valence-corrected chi connectivity index (χ0v) is 16.9. The molecular weight excluding hydrogens is 368 g/mol. The van der Waals surface area contributed by atoms with Gasteiger partial charge in [0.15, 0.2) is 5.78 Å². The zero-order chi connectivity index (χ0) is 18.9. The largest absolute Gasteiger partial charge is 0.324 e. The molecule has 1 aromatic carbocycles. The molecule has 0 bridgehead atoms. The molecular formula is C20H23ClN2O2S. The van der Waals surface area contributed by atoms with Gasteiger partial charge in [-0.05, 0) is 38.7 Å². The van der Waals surface area contributed by atoms with Crippen molar-refractivity contribution in [2.45, 2.75) is 51.5 Å². The molecule has 1 fully saturated rings. The number of hydrogen-bond donors (Lipinski definition) is 0. The summed E-state index contributed by atoms with van der Waals surface area (Å²) in [4.78, 5) is 33.1. The van der Waals surface area contributed by atoms with Crippen molar-refractivity contribution < 1.29 is 9.59 Å². The standard InChI is InChI=1S/C20H23ClN2O2S/c1-4-17-22-13(2)18(26-17)19(25)23(3)20(12-8-7-11-16(20)24)14-9-5-6-10-15(14)21/h5-6,9-10H,4,7-8,11-12H2,1-3H3. The van der Waals surface area contributed by atoms with Crippen LogP contribution < -0.4 is 0 Å². The highest BCUT2D eigenvalue weighted by atomic mass is 35.5. The number of hydrogen-bond acceptors (Lipinski definition) is 4. The molecule has 0 saturated heterocycles. The molecule has 2 aromatic rings. The number of Topliss-reactive ketones (excluding diaryl/α,β-unsaturated/α-hetero) is 1. The minimum Gasteiger partial charge on any atom is -0.324 e. The van der Waals surface area contributed by atoms with Crippen LogP contribution in [0.15, 0.2) is 24.3 Å². The van der Waals surface area contributed by atoms with Gasteiger partial charge in [0.1, 0.15) is 10.4 Å². The molecule has 1 amide bonds. The third kappa shape index (κ3) is 3.08. The van der Waals surface area contributed by atoms with Crippen molar-refractivity contribution >= 4 is 34.6 Å². The van der Waals surface area contributed by atoms with Gasteiger partial charge < -0.3 is 4.90 Å². The molecule has 1 saturated carbocycles. The Morgan fingerprint density at radius 3 is 2.69 bits per heavy atom. The van der Waals surface area contributed by atoms with E-state index in [0.29, 0.717) is 22.7 Å². The van der Waals surface area contributed by atoms with E-state index in [0.717, 1.165) is 35.5 Å². The summed E-state index contributed by atoms with van der Waals surface area (Å²) in [5, 5.41) is 1.46. The van der Waals surface area contributed by atoms with Crippen LogP contribution >= 0.6 is 22.9 Å². The Balaban J connectivity index is 2.10. The van der Waals surface area contributed by atoms with Crippen LogP contribution in [0.3, 0.4) is 0 Å². The lowest BCUT2D eigenvalue weighted by Gasteiger charge is -2.43. The number of ketones is 1. The normalized spacial score (nSPS) is 20.2. The van der Waals surface area contributed by atoms with E-state index in [1.54, 1.807) is 18.0 Å². The molecule has 1 unspecified atom stereocenters. The Bertz CT molecular complexity index is 848. The first-order valence-electron chi connectivity index (χ1n) is 8.94. The molecule has 3 rings (SSSR count). The number of rotatable bonds is 4. The lowest BCUT2D eigenvalue weighted by molar-refractivity contribution is -0.132. The van der Waals surface area contributed by atoms with Gasteiger partial charge in [0.25, 0.3) is 5.91 Å². The average molecular weight is 391 g/mol. The highest BCUT2D eigenvalue weighted by molar-refractivity contribution is 7.13. The molecule has 4 nitrogen and oxygen atoms in total. The summed E-state index contributed by atoms with van der Waals surface area (Å²) in [6.07, 6.45) is 3.58. The van der Waals surface area contributed by atoms with Gasteiger partial charge in [0, 0.05) is 24.1 Å². The molecule has 1 heterocycles. The van der Waals surface area contributed by atoms with E-state index >= 15 is 0 Å². The van der Waals surface area contributed by atoms with Gasteiger partial charge >= 0.3 is 0 Å². The van der Waals surface area contributed by atoms with Crippen molar-refractivity contribution in [3.63, 3.8) is 0 Å². The number of thiazole rings is 1. The number of aryl methyl sites for hydroxylation is 2. The lowest BCUT2D eigenvalue weighted by Crippen LogP contribution is -2.54. The summed E-state index contributed by atoms with van der Waals surface area (Å²) in [6.45, 7) is 3.87. The van der Waals surface area contributed by atoms with E-state index in [-0.39, 0.29) is 11.7 Å². The van der Waals surface area contributed by atoms with Gasteiger partial charge in [-0.25, -0.2) is 4.98 Å². The molecule has 1 atom stereocenters. The zero-order valence-electron chi connectivity index (χ0n) is 15.3. The number of halogens is 1. The maximum atomic E-state index is 13.3. The van der Waals surface area contributed by atoms with E-state index < -0.39 is 5.54 Å². The predicted octanol–water partition coefficient (Wildman–Crippen LogP) is 4.78. The van der Waals surface area contributed by atoms with Crippen molar-refractivity contribution in [1.29, 1.82) is 0 Å². The Labute approximate surface area is 163 Å². The van der Waals surface area contributed by atoms with E-state index in [4.69, 9.17) is 11.6 Å². The first-order valence-corrected chi connectivity index (χ1v) is 10.1. The minimum absolute atomic E-state index is 0.0607. The summed E-state index contributed by atoms with van der Waals surface area (Å²) in [5.41, 5.74) is 0.442. The fourth-order valence-electron chi connectivity index (χ4n) is 3.76. The van der Waals surface area contributed by atoms with Crippen LogP contribution in [-0.2, 0) is 16.8 Å². The molecule has 0 radical (unpaired) electrons. The average Bonchev–Trinajstić information content (AvgIpc) is 3.02. The predicted molar refractivity (Wildman–Crippen MR) is 105 cm³/mol. The van der Waals surface area contributed by atoms with E-state index in [9.17, 15) is 9.59 Å². The summed E-state index contributed by atoms with van der Waals surface area (Å²) in [7, 11) is 1.72. The highest BCUT2D eigenvalue weighted by Crippen LogP contribution is 2.43. The molecule has 138 valence electrons. The third-order valence-corrected chi connectivity index (χ3v) is 6.81. The maximum Gasteiger partial charge on any atom is 0.266 e. The molecule has 26 heavy (non-hydrogen) atoms. The van der Waals surface area contributed by atoms with Crippen molar-refractivity contribution in [1.82, 2.24) is 9.88 Å². The lowest BCUT2D eigenvalue weighted by atomic mass is 9.74. The first-order chi connectivity index (χ1) is 12.4. The second-order valence-corrected chi connectivity index (χ2v) is 8.20. The molecule has 6 heteroatoms. The number of nitrogens with zero attached hydrogens (tertiary/aromatic N) is 2. The third-order valence-electron chi connectivity index (χ3n) is 5.19. The number of amides is 1. The molecule has 1 aliphatic rings. The summed E-state index contributed by atoms with van der Waals surface area (Å²) in [6, 6.07) is 7.37. The van der Waals surface area contributed by atoms with Crippen LogP contribution in [0.2, 0.25) is 5.02 Å². The Hall–Kier alpha value is -1.72. The van der Waals surface area contributed by atoms with Crippen molar-refractivity contribution in [2.75, 3.05) is 7.05 Å². The number of benzene rings is 1. The number of likely N-dealkylation sites (N-methyl/N-ethyl adjacent to an activating group) is 1. The summed E-state index contributed by atoms with van der Waals surface area (Å²) < 4.78 is 0. The van der Waals surface area contributed by atoms with Crippen LogP contribution in [0.25, 0.3) is 0 Å². The summed E-state index contributed by atoms with van der Waals surface area (Å²) in [5.74, 6) is -0.0968. The molecule has 0 spiro atoms. The maximum absolute atomic E-state index is 13.3. The van der Waals surface area contributed by atoms with Crippen LogP contribution in [0.4, 0.5) is 0 Å². The number of carbonyl (C=O) groups is 2. The number of aromatic nitrogens is 1. The Morgan fingerprint density at radius 1 is 1.35 bits per heavy atom. The minimum atomic E-state index is -1.00. The van der Waals surface area contributed by atoms with Gasteiger partial charge in [-0.2, -0.15) is 0 Å². The van der Waals surface area contributed by atoms with Crippen molar-refractivity contribution in [3.05, 3.63) is 50.4 Å². The fraction of sp³-hybridized carbons (Fsp3) is 0.450. The molecule has 1 aromatic heterocycles. The molecule has 1 aliphatic carbocycles. The van der Waals surface area contributed by atoms with Crippen molar-refractivity contribution in [3.8, 4) is 0 Å². The van der Waals surface area contributed by atoms with Crippen LogP contribution in [0, 0.1) is 6.92 Å². The highest BCUT2D eigenvalue weighted by Gasteiger charge is 2.48. The first kappa shape index (κ1) is 19.1. The topological polar surface area (TPSA) is 50.3 Å². The SMILES string of the molecule is CCc1nc(C)c(C(=O)N(C)C2(c3ccccc3Cl)CCCCC2=O)s1. The second-order valence-electron chi connectivity index (χ2n) is 6.71. The Kier molecular flexibility index (Phi) is 5.49. The van der Waals surface area contributed by atoms with Gasteiger partial charge in [-0.1, -0.05) is 36.7 Å². The van der Waals surface area contributed by atoms with Crippen LogP contribution in [0.5, 0.6) is 0 Å². The monoisotopic (exact) mass is 390 g/mol. The number of carbonyl (C=O) groups excluding carboxylic acids is 2. The molecule has 0 aliphatic heterocycles. The summed E-state index contributed by atoms with van der Waals surface area (Å²) >= 11 is 7.88. The molecule has 0 N–H and O–H groups in total. The van der Waals surface area contributed by atoms with Gasteiger partial charge in [-0.15, -0.1) is 11.3 Å². The van der Waals surface area contributed by atoms with Gasteiger partial charge in [0.2, 0.25) is 0 Å². The smallest absolute Gasteiger partial charge is 0.266 e. The van der Waals surface area contributed by atoms with Crippen LogP contribution in [-0.4, -0.2) is 28.6 Å². The fourth-order valence-corrected chi connectivity index (χ4v) is 5.03. The van der Waals surface area contributed by atoms with E-state index in [2.05, 4.69) is 4.98 Å². The quantitative estimate of drug-likeness (QED) is 0.754. The van der Waals surface area contributed by atoms with Crippen molar-refractivity contribution in [2.24, 2.45) is 0 Å². The Morgan fingerprint density at radius 2 is 2.08 bits per heavy atom. The second kappa shape index (κ2) is 7.49. The van der Waals surface area contributed by atoms with Gasteiger partial charge in [-0.3, -0.25) is 9.59 Å². The van der Waals surface area contributed by atoms with E-state index in [1.165, 1.54) is 11.3 Å².